The molecule has 0 aliphatic heterocycles. The van der Waals surface area contributed by atoms with Crippen molar-refractivity contribution < 1.29 is 19.5 Å². The van der Waals surface area contributed by atoms with Gasteiger partial charge in [0.15, 0.2) is 0 Å². The third-order valence-corrected chi connectivity index (χ3v) is 3.14. The van der Waals surface area contributed by atoms with E-state index in [4.69, 9.17) is 16.6 Å². The van der Waals surface area contributed by atoms with Gasteiger partial charge >= 0.3 is 6.09 Å². The van der Waals surface area contributed by atoms with Crippen molar-refractivity contribution in [3.63, 3.8) is 0 Å². The molecule has 3 atom stereocenters. The molecule has 0 aliphatic carbocycles. The molecular formula is C13H26N4O4. The Hall–Kier alpha value is -1.83. The lowest BCUT2D eigenvalue weighted by molar-refractivity contribution is -0.125. The highest BCUT2D eigenvalue weighted by atomic mass is 16.4. The molecule has 0 saturated carbocycles. The summed E-state index contributed by atoms with van der Waals surface area (Å²) in [5.74, 6) is -0.977. The van der Waals surface area contributed by atoms with Crippen molar-refractivity contribution in [2.45, 2.75) is 51.6 Å². The highest BCUT2D eigenvalue weighted by molar-refractivity contribution is 5.81. The van der Waals surface area contributed by atoms with E-state index in [1.165, 1.54) is 0 Å². The van der Waals surface area contributed by atoms with Gasteiger partial charge in [-0.2, -0.15) is 0 Å². The third kappa shape index (κ3) is 9.67. The number of nitrogens with two attached hydrogens (primary N) is 2. The van der Waals surface area contributed by atoms with Crippen LogP contribution in [-0.4, -0.2) is 41.6 Å². The van der Waals surface area contributed by atoms with Gasteiger partial charge in [0.2, 0.25) is 11.8 Å². The summed E-state index contributed by atoms with van der Waals surface area (Å²) in [6, 6.07) is -0.819. The number of amides is 3. The van der Waals surface area contributed by atoms with Gasteiger partial charge in [0.05, 0.1) is 6.04 Å². The van der Waals surface area contributed by atoms with Gasteiger partial charge in [0.25, 0.3) is 0 Å². The summed E-state index contributed by atoms with van der Waals surface area (Å²) in [7, 11) is 0. The molecule has 0 heterocycles. The minimum atomic E-state index is -1.06. The Labute approximate surface area is 124 Å². The van der Waals surface area contributed by atoms with Gasteiger partial charge in [-0.3, -0.25) is 9.59 Å². The lowest BCUT2D eigenvalue weighted by Crippen LogP contribution is -2.45. The maximum Gasteiger partial charge on any atom is 0.404 e. The van der Waals surface area contributed by atoms with Crippen LogP contribution in [0, 0.1) is 5.92 Å². The summed E-state index contributed by atoms with van der Waals surface area (Å²) in [6.45, 7) is 3.84. The number of hydrogen-bond acceptors (Lipinski definition) is 4. The number of hydrogen-bond donors (Lipinski definition) is 5. The summed E-state index contributed by atoms with van der Waals surface area (Å²) in [4.78, 5) is 33.0. The predicted molar refractivity (Wildman–Crippen MR) is 78.4 cm³/mol. The maximum atomic E-state index is 11.8. The summed E-state index contributed by atoms with van der Waals surface area (Å²) in [5, 5.41) is 13.4. The van der Waals surface area contributed by atoms with Gasteiger partial charge in [0.1, 0.15) is 0 Å². The van der Waals surface area contributed by atoms with Crippen molar-refractivity contribution >= 4 is 17.9 Å². The first-order valence-corrected chi connectivity index (χ1v) is 7.06. The molecular weight excluding hydrogens is 276 g/mol. The Morgan fingerprint density at radius 1 is 1.19 bits per heavy atom. The second-order valence-corrected chi connectivity index (χ2v) is 5.28. The van der Waals surface area contributed by atoms with Crippen molar-refractivity contribution in [3.8, 4) is 0 Å². The van der Waals surface area contributed by atoms with Crippen LogP contribution in [0.2, 0.25) is 0 Å². The maximum absolute atomic E-state index is 11.8. The third-order valence-electron chi connectivity index (χ3n) is 3.14. The van der Waals surface area contributed by atoms with Crippen LogP contribution in [0.4, 0.5) is 4.79 Å². The van der Waals surface area contributed by atoms with E-state index >= 15 is 0 Å². The number of rotatable bonds is 10. The van der Waals surface area contributed by atoms with Crippen molar-refractivity contribution in [1.82, 2.24) is 10.6 Å². The summed E-state index contributed by atoms with van der Waals surface area (Å²) < 4.78 is 0. The second-order valence-electron chi connectivity index (χ2n) is 5.28. The van der Waals surface area contributed by atoms with Crippen LogP contribution in [0.1, 0.15) is 39.5 Å². The highest BCUT2D eigenvalue weighted by Crippen LogP contribution is 2.06. The first-order valence-electron chi connectivity index (χ1n) is 7.06. The number of unbranched alkanes of at least 4 members (excludes halogenated alkanes) is 1. The van der Waals surface area contributed by atoms with Crippen LogP contribution < -0.4 is 22.1 Å². The fourth-order valence-electron chi connectivity index (χ4n) is 1.87. The number of nitrogens with one attached hydrogen (secondary N) is 2. The Balaban J connectivity index is 3.88. The van der Waals surface area contributed by atoms with E-state index in [2.05, 4.69) is 10.6 Å². The molecule has 3 amide bonds. The molecule has 0 rings (SSSR count). The first-order chi connectivity index (χ1) is 9.73. The van der Waals surface area contributed by atoms with E-state index in [1.807, 2.05) is 0 Å². The van der Waals surface area contributed by atoms with Crippen molar-refractivity contribution in [3.05, 3.63) is 0 Å². The molecule has 8 heteroatoms. The van der Waals surface area contributed by atoms with Crippen molar-refractivity contribution in [2.24, 2.45) is 17.4 Å². The average molecular weight is 302 g/mol. The molecule has 0 bridgehead atoms. The molecule has 0 aromatic rings. The van der Waals surface area contributed by atoms with Crippen molar-refractivity contribution in [2.75, 3.05) is 6.54 Å². The van der Waals surface area contributed by atoms with Gasteiger partial charge < -0.3 is 27.2 Å². The zero-order chi connectivity index (χ0) is 16.4. The number of carboxylic acid groups (broad SMARTS) is 1. The molecule has 0 aromatic carbocycles. The quantitative estimate of drug-likeness (QED) is 0.353. The van der Waals surface area contributed by atoms with E-state index in [0.717, 1.165) is 0 Å². The Morgan fingerprint density at radius 2 is 1.81 bits per heavy atom. The topological polar surface area (TPSA) is 148 Å². The van der Waals surface area contributed by atoms with E-state index in [-0.39, 0.29) is 17.9 Å². The standard InChI is InChI=1S/C13H26N4O4/c1-8(11(15)18)7-9(2)17-12(19)10(14)5-3-4-6-16-13(20)21/h8-10,16H,3-7,14H2,1-2H3,(H2,15,18)(H,17,19)(H,20,21)/t8-,9-,10-/m0/s1. The molecule has 0 unspecified atom stereocenters. The van der Waals surface area contributed by atoms with Crippen LogP contribution in [0.25, 0.3) is 0 Å². The van der Waals surface area contributed by atoms with Gasteiger partial charge in [-0.1, -0.05) is 6.92 Å². The van der Waals surface area contributed by atoms with Gasteiger partial charge in [0, 0.05) is 18.5 Å². The van der Waals surface area contributed by atoms with E-state index in [0.29, 0.717) is 32.2 Å². The molecule has 122 valence electrons. The Kier molecular flexibility index (Phi) is 9.11. The molecule has 0 radical (unpaired) electrons. The van der Waals surface area contributed by atoms with Crippen LogP contribution >= 0.6 is 0 Å². The predicted octanol–water partition coefficient (Wildman–Crippen LogP) is -0.232. The monoisotopic (exact) mass is 302 g/mol. The summed E-state index contributed by atoms with van der Waals surface area (Å²) >= 11 is 0. The lowest BCUT2D eigenvalue weighted by atomic mass is 10.0. The fourth-order valence-corrected chi connectivity index (χ4v) is 1.87. The zero-order valence-electron chi connectivity index (χ0n) is 12.6. The smallest absolute Gasteiger partial charge is 0.404 e. The van der Waals surface area contributed by atoms with Gasteiger partial charge in [-0.25, -0.2) is 4.79 Å². The molecule has 0 spiro atoms. The fraction of sp³-hybridized carbons (Fsp3) is 0.769. The van der Waals surface area contributed by atoms with E-state index in [9.17, 15) is 14.4 Å². The Morgan fingerprint density at radius 3 is 2.33 bits per heavy atom. The number of primary amides is 1. The van der Waals surface area contributed by atoms with Gasteiger partial charge in [-0.05, 0) is 32.6 Å². The minimum Gasteiger partial charge on any atom is -0.465 e. The van der Waals surface area contributed by atoms with Gasteiger partial charge in [-0.15, -0.1) is 0 Å². The van der Waals surface area contributed by atoms with Crippen molar-refractivity contribution in [1.29, 1.82) is 0 Å². The van der Waals surface area contributed by atoms with Crippen LogP contribution in [0.5, 0.6) is 0 Å². The molecule has 0 aromatic heterocycles. The molecule has 0 fully saturated rings. The largest absolute Gasteiger partial charge is 0.465 e. The normalized spacial score (nSPS) is 14.8. The SMILES string of the molecule is C[C@@H](C[C@H](C)C(N)=O)NC(=O)[C@@H](N)CCCCNC(=O)O. The molecule has 8 nitrogen and oxygen atoms in total. The minimum absolute atomic E-state index is 0.181. The van der Waals surface area contributed by atoms with E-state index < -0.39 is 18.0 Å². The lowest BCUT2D eigenvalue weighted by Gasteiger charge is -2.19. The zero-order valence-corrected chi connectivity index (χ0v) is 12.6. The van der Waals surface area contributed by atoms with Crippen LogP contribution in [0.15, 0.2) is 0 Å². The molecule has 0 saturated heterocycles. The molecule has 21 heavy (non-hydrogen) atoms. The highest BCUT2D eigenvalue weighted by Gasteiger charge is 2.18. The first kappa shape index (κ1) is 19.2. The molecule has 0 aliphatic rings. The second kappa shape index (κ2) is 9.98. The number of carbonyl (C=O) groups is 3. The summed E-state index contributed by atoms with van der Waals surface area (Å²) in [5.41, 5.74) is 10.9. The Bertz CT molecular complexity index is 362. The van der Waals surface area contributed by atoms with E-state index in [1.54, 1.807) is 13.8 Å². The summed E-state index contributed by atoms with van der Waals surface area (Å²) in [6.07, 6.45) is 1.17. The number of carbonyl (C=O) groups excluding carboxylic acids is 2. The molecule has 7 N–H and O–H groups in total. The average Bonchev–Trinajstić information content (AvgIpc) is 2.37. The van der Waals surface area contributed by atoms with Crippen LogP contribution in [-0.2, 0) is 9.59 Å². The van der Waals surface area contributed by atoms with Crippen LogP contribution in [0.3, 0.4) is 0 Å².